The number of hydrogen-bond donors (Lipinski definition) is 1. The highest BCUT2D eigenvalue weighted by Gasteiger charge is 2.26. The molecule has 3 aromatic carbocycles. The molecule has 1 aromatic heterocycles. The number of hydrogen-bond acceptors (Lipinski definition) is 6. The fraction of sp³-hybridized carbons (Fsp3) is 0.233. The maximum Gasteiger partial charge on any atom is 0.408 e. The molecule has 0 unspecified atom stereocenters. The number of benzene rings is 3. The largest absolute Gasteiger partial charge is 0.445 e. The maximum atomic E-state index is 13.3. The van der Waals surface area contributed by atoms with Gasteiger partial charge in [0.2, 0.25) is 0 Å². The van der Waals surface area contributed by atoms with Gasteiger partial charge in [-0.1, -0.05) is 72.3 Å². The fourth-order valence-corrected chi connectivity index (χ4v) is 4.85. The van der Waals surface area contributed by atoms with E-state index in [4.69, 9.17) is 25.5 Å². The lowest BCUT2D eigenvalue weighted by Crippen LogP contribution is -2.44. The average molecular weight is 532 g/mol. The zero-order valence-corrected chi connectivity index (χ0v) is 21.3. The first kappa shape index (κ1) is 25.5. The van der Waals surface area contributed by atoms with Crippen molar-refractivity contribution in [3.63, 3.8) is 0 Å². The second kappa shape index (κ2) is 11.5. The van der Waals surface area contributed by atoms with E-state index in [1.807, 2.05) is 60.7 Å². The molecule has 8 heteroatoms. The molecule has 0 radical (unpaired) electrons. The normalized spacial score (nSPS) is 13.4. The van der Waals surface area contributed by atoms with Crippen molar-refractivity contribution in [1.29, 1.82) is 0 Å². The van der Waals surface area contributed by atoms with E-state index in [1.54, 1.807) is 6.07 Å². The molecule has 5 rings (SSSR count). The van der Waals surface area contributed by atoms with E-state index in [9.17, 15) is 14.4 Å². The third-order valence-electron chi connectivity index (χ3n) is 6.56. The van der Waals surface area contributed by atoms with E-state index in [2.05, 4.69) is 5.32 Å². The Balaban J connectivity index is 1.36. The monoisotopic (exact) mass is 531 g/mol. The Labute approximate surface area is 224 Å². The van der Waals surface area contributed by atoms with Crippen LogP contribution in [0.4, 0.5) is 4.79 Å². The molecule has 1 atom stereocenters. The molecule has 1 heterocycles. The molecule has 194 valence electrons. The SMILES string of the molecule is O=C(N[C@@H](Cc1ccccc1)C(=O)Oc1cc2oc(=O)c3c(c2cc1Cl)CCCC3)OCc1ccccc1. The molecule has 7 nitrogen and oxygen atoms in total. The highest BCUT2D eigenvalue weighted by Crippen LogP contribution is 2.34. The number of halogens is 1. The van der Waals surface area contributed by atoms with Crippen LogP contribution in [-0.2, 0) is 35.4 Å². The molecule has 38 heavy (non-hydrogen) atoms. The molecule has 0 saturated heterocycles. The average Bonchev–Trinajstić information content (AvgIpc) is 2.94. The van der Waals surface area contributed by atoms with Gasteiger partial charge in [0.15, 0.2) is 5.75 Å². The van der Waals surface area contributed by atoms with Crippen LogP contribution in [0.5, 0.6) is 5.75 Å². The van der Waals surface area contributed by atoms with Gasteiger partial charge in [0.25, 0.3) is 0 Å². The number of amides is 1. The summed E-state index contributed by atoms with van der Waals surface area (Å²) in [5.74, 6) is -0.687. The number of carbonyl (C=O) groups is 2. The summed E-state index contributed by atoms with van der Waals surface area (Å²) in [5.41, 5.74) is 3.18. The van der Waals surface area contributed by atoms with Crippen molar-refractivity contribution in [3.8, 4) is 5.75 Å². The van der Waals surface area contributed by atoms with Gasteiger partial charge in [0.1, 0.15) is 18.2 Å². The van der Waals surface area contributed by atoms with E-state index >= 15 is 0 Å². The quantitative estimate of drug-likeness (QED) is 0.185. The maximum absolute atomic E-state index is 13.3. The molecule has 0 bridgehead atoms. The molecule has 0 fully saturated rings. The molecular weight excluding hydrogens is 506 g/mol. The summed E-state index contributed by atoms with van der Waals surface area (Å²) in [6, 6.07) is 20.5. The Morgan fingerprint density at radius 2 is 1.58 bits per heavy atom. The van der Waals surface area contributed by atoms with E-state index in [1.165, 1.54) is 6.07 Å². The van der Waals surface area contributed by atoms with E-state index in [0.29, 0.717) is 17.6 Å². The van der Waals surface area contributed by atoms with Crippen LogP contribution in [-0.4, -0.2) is 18.1 Å². The van der Waals surface area contributed by atoms with Crippen molar-refractivity contribution < 1.29 is 23.5 Å². The molecular formula is C30H26ClNO6. The van der Waals surface area contributed by atoms with Crippen LogP contribution in [0.3, 0.4) is 0 Å². The lowest BCUT2D eigenvalue weighted by Gasteiger charge is -2.19. The van der Waals surface area contributed by atoms with Gasteiger partial charge in [0, 0.05) is 23.4 Å². The number of nitrogens with one attached hydrogen (secondary N) is 1. The second-order valence-corrected chi connectivity index (χ2v) is 9.61. The lowest BCUT2D eigenvalue weighted by molar-refractivity contribution is -0.136. The van der Waals surface area contributed by atoms with Gasteiger partial charge >= 0.3 is 17.7 Å². The summed E-state index contributed by atoms with van der Waals surface area (Å²) >= 11 is 6.51. The van der Waals surface area contributed by atoms with E-state index in [0.717, 1.165) is 41.3 Å². The third kappa shape index (κ3) is 5.89. The van der Waals surface area contributed by atoms with Crippen LogP contribution in [0.15, 0.2) is 82.0 Å². The molecule has 0 aliphatic heterocycles. The minimum absolute atomic E-state index is 0.0422. The smallest absolute Gasteiger partial charge is 0.408 e. The zero-order chi connectivity index (χ0) is 26.5. The Morgan fingerprint density at radius 1 is 0.921 bits per heavy atom. The first-order chi connectivity index (χ1) is 18.5. The zero-order valence-electron chi connectivity index (χ0n) is 20.6. The number of esters is 1. The van der Waals surface area contributed by atoms with E-state index < -0.39 is 18.1 Å². The lowest BCUT2D eigenvalue weighted by atomic mass is 9.90. The fourth-order valence-electron chi connectivity index (χ4n) is 4.65. The van der Waals surface area contributed by atoms with Crippen molar-refractivity contribution in [2.75, 3.05) is 0 Å². The van der Waals surface area contributed by atoms with Crippen LogP contribution >= 0.6 is 11.6 Å². The number of carbonyl (C=O) groups excluding carboxylic acids is 2. The minimum atomic E-state index is -1.05. The Hall–Kier alpha value is -4.10. The van der Waals surface area contributed by atoms with E-state index in [-0.39, 0.29) is 29.4 Å². The number of ether oxygens (including phenoxy) is 2. The van der Waals surface area contributed by atoms with Crippen molar-refractivity contribution in [2.45, 2.75) is 44.8 Å². The van der Waals surface area contributed by atoms with Gasteiger partial charge < -0.3 is 19.2 Å². The van der Waals surface area contributed by atoms with Crippen molar-refractivity contribution >= 4 is 34.6 Å². The molecule has 0 saturated carbocycles. The van der Waals surface area contributed by atoms with Crippen LogP contribution < -0.4 is 15.7 Å². The molecule has 1 aliphatic rings. The number of alkyl carbamates (subject to hydrolysis) is 1. The second-order valence-electron chi connectivity index (χ2n) is 9.20. The first-order valence-electron chi connectivity index (χ1n) is 12.5. The van der Waals surface area contributed by atoms with Crippen molar-refractivity contribution in [2.24, 2.45) is 0 Å². The Kier molecular flexibility index (Phi) is 7.75. The van der Waals surface area contributed by atoms with Crippen LogP contribution in [0.1, 0.15) is 35.1 Å². The molecule has 1 N–H and O–H groups in total. The summed E-state index contributed by atoms with van der Waals surface area (Å²) in [6.07, 6.45) is 2.78. The summed E-state index contributed by atoms with van der Waals surface area (Å²) in [4.78, 5) is 38.4. The van der Waals surface area contributed by atoms with Crippen LogP contribution in [0.25, 0.3) is 11.0 Å². The third-order valence-corrected chi connectivity index (χ3v) is 6.85. The molecule has 0 spiro atoms. The van der Waals surface area contributed by atoms with Crippen molar-refractivity contribution in [3.05, 3.63) is 110 Å². The van der Waals surface area contributed by atoms with Gasteiger partial charge in [0.05, 0.1) is 5.02 Å². The predicted octanol–water partition coefficient (Wildman–Crippen LogP) is 5.77. The topological polar surface area (TPSA) is 94.8 Å². The summed E-state index contributed by atoms with van der Waals surface area (Å²) in [5, 5.41) is 3.56. The first-order valence-corrected chi connectivity index (χ1v) is 12.9. The number of fused-ring (bicyclic) bond motifs is 3. The summed E-state index contributed by atoms with van der Waals surface area (Å²) in [7, 11) is 0. The molecule has 1 amide bonds. The predicted molar refractivity (Wildman–Crippen MR) is 143 cm³/mol. The van der Waals surface area contributed by atoms with Gasteiger partial charge in [-0.3, -0.25) is 0 Å². The highest BCUT2D eigenvalue weighted by atomic mass is 35.5. The van der Waals surface area contributed by atoms with Gasteiger partial charge in [-0.2, -0.15) is 0 Å². The Morgan fingerprint density at radius 3 is 2.29 bits per heavy atom. The number of rotatable bonds is 7. The van der Waals surface area contributed by atoms with Gasteiger partial charge in [-0.25, -0.2) is 14.4 Å². The van der Waals surface area contributed by atoms with Crippen LogP contribution in [0.2, 0.25) is 5.02 Å². The summed E-state index contributed by atoms with van der Waals surface area (Å²) in [6.45, 7) is 0.0552. The molecule has 4 aromatic rings. The van der Waals surface area contributed by atoms with Gasteiger partial charge in [-0.05, 0) is 48.4 Å². The minimum Gasteiger partial charge on any atom is -0.445 e. The highest BCUT2D eigenvalue weighted by molar-refractivity contribution is 6.33. The summed E-state index contributed by atoms with van der Waals surface area (Å²) < 4.78 is 16.5. The molecule has 1 aliphatic carbocycles. The number of aryl methyl sites for hydroxylation is 1. The van der Waals surface area contributed by atoms with Gasteiger partial charge in [-0.15, -0.1) is 0 Å². The van der Waals surface area contributed by atoms with Crippen LogP contribution in [0, 0.1) is 0 Å². The van der Waals surface area contributed by atoms with Crippen molar-refractivity contribution in [1.82, 2.24) is 5.32 Å². The standard InChI is InChI=1S/C30H26ClNO6/c31-24-16-23-21-13-7-8-14-22(21)28(33)37-26(23)17-27(24)38-29(34)25(15-19-9-3-1-4-10-19)32-30(35)36-18-20-11-5-2-6-12-20/h1-6,9-12,16-17,25H,7-8,13-15,18H2,(H,32,35)/t25-/m0/s1. The Bertz CT molecular complexity index is 1520.